The SMILES string of the molecule is CN1CCCN(c2ccc(C#N)cc2[N+](=O)[O-])CC1. The molecule has 1 heterocycles. The molecular formula is C13H16N4O2. The van der Waals surface area contributed by atoms with E-state index >= 15 is 0 Å². The average molecular weight is 260 g/mol. The number of hydrogen-bond donors (Lipinski definition) is 0. The molecule has 2 rings (SSSR count). The van der Waals surface area contributed by atoms with Gasteiger partial charge in [0, 0.05) is 25.7 Å². The van der Waals surface area contributed by atoms with E-state index in [9.17, 15) is 10.1 Å². The van der Waals surface area contributed by atoms with Crippen molar-refractivity contribution < 1.29 is 4.92 Å². The van der Waals surface area contributed by atoms with Crippen LogP contribution in [-0.4, -0.2) is 43.0 Å². The minimum absolute atomic E-state index is 0.0172. The summed E-state index contributed by atoms with van der Waals surface area (Å²) < 4.78 is 0. The van der Waals surface area contributed by atoms with E-state index in [1.54, 1.807) is 12.1 Å². The molecule has 1 fully saturated rings. The zero-order valence-corrected chi connectivity index (χ0v) is 10.9. The minimum Gasteiger partial charge on any atom is -0.365 e. The van der Waals surface area contributed by atoms with Gasteiger partial charge in [-0.05, 0) is 32.1 Å². The lowest BCUT2D eigenvalue weighted by Crippen LogP contribution is -2.29. The molecule has 0 amide bonds. The van der Waals surface area contributed by atoms with E-state index in [1.165, 1.54) is 6.07 Å². The zero-order chi connectivity index (χ0) is 13.8. The van der Waals surface area contributed by atoms with Gasteiger partial charge in [0.1, 0.15) is 5.69 Å². The summed E-state index contributed by atoms with van der Waals surface area (Å²) in [6, 6.07) is 6.61. The van der Waals surface area contributed by atoms with Crippen LogP contribution in [0.3, 0.4) is 0 Å². The molecule has 6 heteroatoms. The lowest BCUT2D eigenvalue weighted by Gasteiger charge is -2.22. The molecule has 0 N–H and O–H groups in total. The lowest BCUT2D eigenvalue weighted by molar-refractivity contribution is -0.384. The highest BCUT2D eigenvalue weighted by atomic mass is 16.6. The van der Waals surface area contributed by atoms with Crippen LogP contribution in [0.1, 0.15) is 12.0 Å². The first-order valence-electron chi connectivity index (χ1n) is 6.24. The molecule has 1 aliphatic heterocycles. The molecule has 1 aromatic carbocycles. The summed E-state index contributed by atoms with van der Waals surface area (Å²) in [5.41, 5.74) is 0.949. The van der Waals surface area contributed by atoms with Gasteiger partial charge in [0.2, 0.25) is 0 Å². The number of nitriles is 1. The number of anilines is 1. The Bertz CT molecular complexity index is 524. The third-order valence-corrected chi connectivity index (χ3v) is 3.36. The molecule has 0 atom stereocenters. The van der Waals surface area contributed by atoms with Crippen molar-refractivity contribution in [3.05, 3.63) is 33.9 Å². The molecule has 6 nitrogen and oxygen atoms in total. The van der Waals surface area contributed by atoms with Gasteiger partial charge in [-0.25, -0.2) is 0 Å². The van der Waals surface area contributed by atoms with Gasteiger partial charge in [0.15, 0.2) is 0 Å². The van der Waals surface area contributed by atoms with Gasteiger partial charge in [0.25, 0.3) is 5.69 Å². The Balaban J connectivity index is 2.33. The standard InChI is InChI=1S/C13H16N4O2/c1-15-5-2-6-16(8-7-15)12-4-3-11(10-14)9-13(12)17(18)19/h3-4,9H,2,5-8H2,1H3. The molecule has 1 saturated heterocycles. The number of rotatable bonds is 2. The van der Waals surface area contributed by atoms with Crippen LogP contribution in [0, 0.1) is 21.4 Å². The lowest BCUT2D eigenvalue weighted by atomic mass is 10.1. The van der Waals surface area contributed by atoms with Gasteiger partial charge in [-0.1, -0.05) is 0 Å². The Morgan fingerprint density at radius 1 is 1.32 bits per heavy atom. The Kier molecular flexibility index (Phi) is 3.97. The summed E-state index contributed by atoms with van der Waals surface area (Å²) in [4.78, 5) is 15.0. The molecule has 0 unspecified atom stereocenters. The van der Waals surface area contributed by atoms with Crippen LogP contribution in [0.2, 0.25) is 0 Å². The monoisotopic (exact) mass is 260 g/mol. The number of nitro groups is 1. The second-order valence-corrected chi connectivity index (χ2v) is 4.72. The first-order chi connectivity index (χ1) is 9.11. The van der Waals surface area contributed by atoms with Crippen LogP contribution >= 0.6 is 0 Å². The number of benzene rings is 1. The van der Waals surface area contributed by atoms with E-state index in [0.717, 1.165) is 32.6 Å². The summed E-state index contributed by atoms with van der Waals surface area (Å²) in [5.74, 6) is 0. The van der Waals surface area contributed by atoms with E-state index in [4.69, 9.17) is 5.26 Å². The highest BCUT2D eigenvalue weighted by Gasteiger charge is 2.21. The summed E-state index contributed by atoms with van der Waals surface area (Å²) in [6.07, 6.45) is 0.980. The molecule has 100 valence electrons. The van der Waals surface area contributed by atoms with E-state index < -0.39 is 4.92 Å². The molecule has 0 aromatic heterocycles. The van der Waals surface area contributed by atoms with E-state index in [-0.39, 0.29) is 5.69 Å². The zero-order valence-electron chi connectivity index (χ0n) is 10.9. The van der Waals surface area contributed by atoms with E-state index in [1.807, 2.05) is 11.0 Å². The molecule has 0 bridgehead atoms. The molecule has 1 aromatic rings. The van der Waals surface area contributed by atoms with Crippen molar-refractivity contribution >= 4 is 11.4 Å². The minimum atomic E-state index is -0.412. The summed E-state index contributed by atoms with van der Waals surface area (Å²) in [5, 5.41) is 20.0. The third-order valence-electron chi connectivity index (χ3n) is 3.36. The summed E-state index contributed by atoms with van der Waals surface area (Å²) in [7, 11) is 2.05. The van der Waals surface area contributed by atoms with Gasteiger partial charge in [-0.2, -0.15) is 5.26 Å². The van der Waals surface area contributed by atoms with Crippen LogP contribution < -0.4 is 4.90 Å². The van der Waals surface area contributed by atoms with Crippen molar-refractivity contribution in [1.82, 2.24) is 4.90 Å². The van der Waals surface area contributed by atoms with Gasteiger partial charge in [-0.15, -0.1) is 0 Å². The largest absolute Gasteiger partial charge is 0.365 e. The normalized spacial score (nSPS) is 16.7. The van der Waals surface area contributed by atoms with E-state index in [0.29, 0.717) is 11.3 Å². The number of nitro benzene ring substituents is 1. The van der Waals surface area contributed by atoms with Crippen molar-refractivity contribution in [2.75, 3.05) is 38.1 Å². The fourth-order valence-corrected chi connectivity index (χ4v) is 2.29. The summed E-state index contributed by atoms with van der Waals surface area (Å²) in [6.45, 7) is 3.46. The maximum atomic E-state index is 11.1. The number of hydrogen-bond acceptors (Lipinski definition) is 5. The highest BCUT2D eigenvalue weighted by molar-refractivity contribution is 5.65. The van der Waals surface area contributed by atoms with Crippen LogP contribution in [0.5, 0.6) is 0 Å². The third kappa shape index (κ3) is 3.01. The summed E-state index contributed by atoms with van der Waals surface area (Å²) >= 11 is 0. The predicted molar refractivity (Wildman–Crippen MR) is 72.1 cm³/mol. The van der Waals surface area contributed by atoms with Crippen molar-refractivity contribution in [3.8, 4) is 6.07 Å². The molecule has 19 heavy (non-hydrogen) atoms. The second-order valence-electron chi connectivity index (χ2n) is 4.72. The topological polar surface area (TPSA) is 73.4 Å². The van der Waals surface area contributed by atoms with Gasteiger partial charge in [0.05, 0.1) is 16.6 Å². The fourth-order valence-electron chi connectivity index (χ4n) is 2.29. The highest BCUT2D eigenvalue weighted by Crippen LogP contribution is 2.29. The van der Waals surface area contributed by atoms with Crippen LogP contribution in [-0.2, 0) is 0 Å². The molecule has 0 aliphatic carbocycles. The maximum Gasteiger partial charge on any atom is 0.293 e. The van der Waals surface area contributed by atoms with Crippen LogP contribution in [0.25, 0.3) is 0 Å². The molecular weight excluding hydrogens is 244 g/mol. The van der Waals surface area contributed by atoms with Crippen LogP contribution in [0.4, 0.5) is 11.4 Å². The Morgan fingerprint density at radius 3 is 2.79 bits per heavy atom. The Morgan fingerprint density at radius 2 is 2.11 bits per heavy atom. The smallest absolute Gasteiger partial charge is 0.293 e. The van der Waals surface area contributed by atoms with Gasteiger partial charge in [-0.3, -0.25) is 10.1 Å². The Labute approximate surface area is 112 Å². The van der Waals surface area contributed by atoms with Crippen molar-refractivity contribution in [3.63, 3.8) is 0 Å². The first-order valence-corrected chi connectivity index (χ1v) is 6.24. The predicted octanol–water partition coefficient (Wildman–Crippen LogP) is 1.61. The van der Waals surface area contributed by atoms with Gasteiger partial charge >= 0.3 is 0 Å². The second kappa shape index (κ2) is 5.67. The number of nitrogens with zero attached hydrogens (tertiary/aromatic N) is 4. The number of likely N-dealkylation sites (N-methyl/N-ethyl adjacent to an activating group) is 1. The van der Waals surface area contributed by atoms with E-state index in [2.05, 4.69) is 11.9 Å². The van der Waals surface area contributed by atoms with Crippen molar-refractivity contribution in [2.45, 2.75) is 6.42 Å². The molecule has 0 saturated carbocycles. The van der Waals surface area contributed by atoms with Crippen molar-refractivity contribution in [1.29, 1.82) is 5.26 Å². The van der Waals surface area contributed by atoms with Crippen LogP contribution in [0.15, 0.2) is 18.2 Å². The molecule has 1 aliphatic rings. The quantitative estimate of drug-likeness (QED) is 0.596. The fraction of sp³-hybridized carbons (Fsp3) is 0.462. The van der Waals surface area contributed by atoms with Crippen molar-refractivity contribution in [2.24, 2.45) is 0 Å². The first kappa shape index (κ1) is 13.3. The molecule has 0 radical (unpaired) electrons. The Hall–Kier alpha value is -2.13. The molecule has 0 spiro atoms. The average Bonchev–Trinajstić information content (AvgIpc) is 2.62. The maximum absolute atomic E-state index is 11.1. The van der Waals surface area contributed by atoms with Gasteiger partial charge < -0.3 is 9.80 Å².